The summed E-state index contributed by atoms with van der Waals surface area (Å²) in [5.41, 5.74) is 1.97. The average Bonchev–Trinajstić information content (AvgIpc) is 2.67. The summed E-state index contributed by atoms with van der Waals surface area (Å²) in [5, 5.41) is 2.85. The van der Waals surface area contributed by atoms with Crippen molar-refractivity contribution in [1.82, 2.24) is 10.3 Å². The van der Waals surface area contributed by atoms with Gasteiger partial charge >= 0.3 is 0 Å². The normalized spacial score (nSPS) is 14.2. The largest absolute Gasteiger partial charge is 0.484 e. The molecule has 1 amide bonds. The highest BCUT2D eigenvalue weighted by atomic mass is 16.5. The fourth-order valence-corrected chi connectivity index (χ4v) is 2.61. The molecule has 0 atom stereocenters. The number of carbonyl (C=O) groups is 1. The zero-order chi connectivity index (χ0) is 17.5. The molecular weight excluding hydrogens is 318 g/mol. The maximum atomic E-state index is 11.9. The zero-order valence-electron chi connectivity index (χ0n) is 14.4. The first-order chi connectivity index (χ1) is 12.2. The first-order valence-electron chi connectivity index (χ1n) is 8.45. The van der Waals surface area contributed by atoms with Gasteiger partial charge in [-0.15, -0.1) is 0 Å². The van der Waals surface area contributed by atoms with Crippen molar-refractivity contribution in [2.24, 2.45) is 0 Å². The van der Waals surface area contributed by atoms with Crippen molar-refractivity contribution in [3.05, 3.63) is 53.7 Å². The Balaban J connectivity index is 1.44. The number of nitrogens with zero attached hydrogens (tertiary/aromatic N) is 2. The fourth-order valence-electron chi connectivity index (χ4n) is 2.61. The molecule has 1 aromatic carbocycles. The molecule has 1 saturated heterocycles. The Bertz CT molecular complexity index is 697. The minimum Gasteiger partial charge on any atom is -0.484 e. The van der Waals surface area contributed by atoms with Crippen molar-refractivity contribution in [3.8, 4) is 5.75 Å². The monoisotopic (exact) mass is 341 g/mol. The first kappa shape index (κ1) is 17.2. The molecular formula is C19H23N3O3. The van der Waals surface area contributed by atoms with Crippen molar-refractivity contribution in [2.75, 3.05) is 37.8 Å². The molecule has 2 heterocycles. The summed E-state index contributed by atoms with van der Waals surface area (Å²) < 4.78 is 10.9. The third-order valence-corrected chi connectivity index (χ3v) is 4.09. The number of morpholine rings is 1. The number of anilines is 1. The van der Waals surface area contributed by atoms with Crippen LogP contribution < -0.4 is 15.0 Å². The molecule has 1 fully saturated rings. The van der Waals surface area contributed by atoms with Crippen LogP contribution in [0.25, 0.3) is 0 Å². The smallest absolute Gasteiger partial charge is 0.258 e. The number of hydrogen-bond donors (Lipinski definition) is 1. The van der Waals surface area contributed by atoms with Gasteiger partial charge in [-0.1, -0.05) is 24.3 Å². The van der Waals surface area contributed by atoms with Gasteiger partial charge in [0.05, 0.1) is 13.2 Å². The van der Waals surface area contributed by atoms with Crippen molar-refractivity contribution >= 4 is 11.7 Å². The van der Waals surface area contributed by atoms with Gasteiger partial charge in [0.2, 0.25) is 0 Å². The fraction of sp³-hybridized carbons (Fsp3) is 0.368. The number of pyridine rings is 1. The van der Waals surface area contributed by atoms with E-state index in [-0.39, 0.29) is 12.5 Å². The highest BCUT2D eigenvalue weighted by Crippen LogP contribution is 2.16. The number of carbonyl (C=O) groups excluding carboxylic acids is 1. The summed E-state index contributed by atoms with van der Waals surface area (Å²) >= 11 is 0. The number of para-hydroxylation sites is 1. The number of aromatic nitrogens is 1. The van der Waals surface area contributed by atoms with Crippen LogP contribution in [0.1, 0.15) is 11.1 Å². The summed E-state index contributed by atoms with van der Waals surface area (Å²) in [7, 11) is 0. The van der Waals surface area contributed by atoms with E-state index in [0.29, 0.717) is 6.54 Å². The maximum Gasteiger partial charge on any atom is 0.258 e. The van der Waals surface area contributed by atoms with Crippen LogP contribution in [-0.2, 0) is 16.1 Å². The molecule has 1 aliphatic heterocycles. The molecule has 132 valence electrons. The number of benzene rings is 1. The summed E-state index contributed by atoms with van der Waals surface area (Å²) in [6.07, 6.45) is 1.80. The van der Waals surface area contributed by atoms with E-state index in [9.17, 15) is 4.79 Å². The maximum absolute atomic E-state index is 11.9. The number of rotatable bonds is 6. The molecule has 6 nitrogen and oxygen atoms in total. The van der Waals surface area contributed by atoms with Gasteiger partial charge in [0.1, 0.15) is 11.6 Å². The van der Waals surface area contributed by atoms with Crippen LogP contribution in [0.5, 0.6) is 5.75 Å². The van der Waals surface area contributed by atoms with Gasteiger partial charge in [0.25, 0.3) is 5.91 Å². The van der Waals surface area contributed by atoms with E-state index < -0.39 is 0 Å². The number of hydrogen-bond acceptors (Lipinski definition) is 5. The van der Waals surface area contributed by atoms with E-state index in [1.807, 2.05) is 43.3 Å². The highest BCUT2D eigenvalue weighted by molar-refractivity contribution is 5.77. The van der Waals surface area contributed by atoms with Crippen LogP contribution in [0.4, 0.5) is 5.82 Å². The number of nitrogens with one attached hydrogen (secondary N) is 1. The molecule has 0 unspecified atom stereocenters. The van der Waals surface area contributed by atoms with Crippen LogP contribution in [0.15, 0.2) is 42.6 Å². The molecule has 2 aromatic rings. The lowest BCUT2D eigenvalue weighted by Gasteiger charge is -2.27. The Labute approximate surface area is 147 Å². The molecule has 0 saturated carbocycles. The van der Waals surface area contributed by atoms with Gasteiger partial charge in [-0.2, -0.15) is 0 Å². The minimum atomic E-state index is -0.152. The van der Waals surface area contributed by atoms with Gasteiger partial charge in [0, 0.05) is 25.8 Å². The Morgan fingerprint density at radius 2 is 2.04 bits per heavy atom. The second-order valence-electron chi connectivity index (χ2n) is 5.95. The lowest BCUT2D eigenvalue weighted by molar-refractivity contribution is -0.123. The molecule has 25 heavy (non-hydrogen) atoms. The van der Waals surface area contributed by atoms with Crippen LogP contribution in [0.2, 0.25) is 0 Å². The standard InChI is InChI=1S/C19H23N3O3/c1-15-4-2-3-5-17(15)25-14-19(23)21-13-16-6-7-18(20-12-16)22-8-10-24-11-9-22/h2-7,12H,8-11,13-14H2,1H3,(H,21,23). The summed E-state index contributed by atoms with van der Waals surface area (Å²) in [6.45, 7) is 5.59. The van der Waals surface area contributed by atoms with E-state index in [1.165, 1.54) is 0 Å². The van der Waals surface area contributed by atoms with Gasteiger partial charge in [-0.3, -0.25) is 4.79 Å². The quantitative estimate of drug-likeness (QED) is 0.870. The van der Waals surface area contributed by atoms with Gasteiger partial charge in [-0.25, -0.2) is 4.98 Å². The lowest BCUT2D eigenvalue weighted by atomic mass is 10.2. The molecule has 0 spiro atoms. The summed E-state index contributed by atoms with van der Waals surface area (Å²) in [6, 6.07) is 11.6. The third kappa shape index (κ3) is 4.93. The van der Waals surface area contributed by atoms with Gasteiger partial charge in [-0.05, 0) is 30.2 Å². The molecule has 0 radical (unpaired) electrons. The third-order valence-electron chi connectivity index (χ3n) is 4.09. The van der Waals surface area contributed by atoms with Gasteiger partial charge in [0.15, 0.2) is 6.61 Å². The molecule has 6 heteroatoms. The Kier molecular flexibility index (Phi) is 5.85. The predicted octanol–water partition coefficient (Wildman–Crippen LogP) is 1.92. The van der Waals surface area contributed by atoms with E-state index >= 15 is 0 Å². The average molecular weight is 341 g/mol. The lowest BCUT2D eigenvalue weighted by Crippen LogP contribution is -2.36. The van der Waals surface area contributed by atoms with Crippen molar-refractivity contribution < 1.29 is 14.3 Å². The molecule has 1 aromatic heterocycles. The Morgan fingerprint density at radius 3 is 2.76 bits per heavy atom. The number of ether oxygens (including phenoxy) is 2. The van der Waals surface area contributed by atoms with E-state index in [4.69, 9.17) is 9.47 Å². The Morgan fingerprint density at radius 1 is 1.24 bits per heavy atom. The SMILES string of the molecule is Cc1ccccc1OCC(=O)NCc1ccc(N2CCOCC2)nc1. The number of aryl methyl sites for hydroxylation is 1. The van der Waals surface area contributed by atoms with E-state index in [2.05, 4.69) is 15.2 Å². The molecule has 3 rings (SSSR count). The molecule has 0 aliphatic carbocycles. The topological polar surface area (TPSA) is 63.7 Å². The van der Waals surface area contributed by atoms with Crippen molar-refractivity contribution in [3.63, 3.8) is 0 Å². The predicted molar refractivity (Wildman–Crippen MR) is 95.8 cm³/mol. The highest BCUT2D eigenvalue weighted by Gasteiger charge is 2.12. The Hall–Kier alpha value is -2.60. The van der Waals surface area contributed by atoms with Crippen molar-refractivity contribution in [1.29, 1.82) is 0 Å². The molecule has 0 bridgehead atoms. The summed E-state index contributed by atoms with van der Waals surface area (Å²) in [5.74, 6) is 1.52. The van der Waals surface area contributed by atoms with Crippen LogP contribution in [-0.4, -0.2) is 43.8 Å². The van der Waals surface area contributed by atoms with Crippen molar-refractivity contribution in [2.45, 2.75) is 13.5 Å². The van der Waals surface area contributed by atoms with Crippen LogP contribution in [0, 0.1) is 6.92 Å². The molecule has 1 aliphatic rings. The first-order valence-corrected chi connectivity index (χ1v) is 8.45. The second-order valence-corrected chi connectivity index (χ2v) is 5.95. The van der Waals surface area contributed by atoms with E-state index in [1.54, 1.807) is 6.20 Å². The molecule has 1 N–H and O–H groups in total. The van der Waals surface area contributed by atoms with Crippen LogP contribution >= 0.6 is 0 Å². The number of amides is 1. The second kappa shape index (κ2) is 8.48. The van der Waals surface area contributed by atoms with E-state index in [0.717, 1.165) is 49.0 Å². The summed E-state index contributed by atoms with van der Waals surface area (Å²) in [4.78, 5) is 18.6. The minimum absolute atomic E-state index is 0.00411. The zero-order valence-corrected chi connectivity index (χ0v) is 14.4. The van der Waals surface area contributed by atoms with Gasteiger partial charge < -0.3 is 19.7 Å². The van der Waals surface area contributed by atoms with Crippen LogP contribution in [0.3, 0.4) is 0 Å².